The van der Waals surface area contributed by atoms with Crippen molar-refractivity contribution in [2.45, 2.75) is 57.3 Å². The molecule has 1 heterocycles. The van der Waals surface area contributed by atoms with Crippen molar-refractivity contribution in [3.8, 4) is 0 Å². The van der Waals surface area contributed by atoms with Crippen LogP contribution in [0.25, 0.3) is 0 Å². The van der Waals surface area contributed by atoms with Gasteiger partial charge in [0.25, 0.3) is 0 Å². The van der Waals surface area contributed by atoms with Crippen molar-refractivity contribution < 1.29 is 0 Å². The van der Waals surface area contributed by atoms with Gasteiger partial charge >= 0.3 is 0 Å². The number of likely N-dealkylation sites (tertiary alicyclic amines) is 1. The summed E-state index contributed by atoms with van der Waals surface area (Å²) < 4.78 is 0. The van der Waals surface area contributed by atoms with Crippen LogP contribution in [0.2, 0.25) is 0 Å². The quantitative estimate of drug-likeness (QED) is 0.354. The zero-order valence-corrected chi connectivity index (χ0v) is 19.4. The van der Waals surface area contributed by atoms with E-state index in [0.717, 1.165) is 25.1 Å². The van der Waals surface area contributed by atoms with Gasteiger partial charge in [-0.25, -0.2) is 0 Å². The first kappa shape index (κ1) is 22.4. The molecule has 0 bridgehead atoms. The third kappa shape index (κ3) is 7.23. The SMILES string of the molecule is CN=C(NCC(C)N(C)Cc1ccccc1)NC1CCN(C2CC2)CC1.I. The maximum atomic E-state index is 4.43. The normalized spacial score (nSPS) is 20.2. The minimum absolute atomic E-state index is 0. The van der Waals surface area contributed by atoms with Gasteiger partial charge in [0.1, 0.15) is 0 Å². The van der Waals surface area contributed by atoms with Crippen LogP contribution in [0.5, 0.6) is 0 Å². The molecule has 0 aromatic heterocycles. The van der Waals surface area contributed by atoms with Crippen LogP contribution in [0.1, 0.15) is 38.2 Å². The summed E-state index contributed by atoms with van der Waals surface area (Å²) in [5.41, 5.74) is 1.35. The molecule has 1 aliphatic carbocycles. The number of nitrogens with zero attached hydrogens (tertiary/aromatic N) is 3. The third-order valence-corrected chi connectivity index (χ3v) is 5.75. The standard InChI is InChI=1S/C21H35N5.HI/c1-17(25(3)16-18-7-5-4-6-8-18)15-23-21(22-2)24-19-11-13-26(14-12-19)20-9-10-20;/h4-8,17,19-20H,9-16H2,1-3H3,(H2,22,23,24);1H. The fourth-order valence-electron chi connectivity index (χ4n) is 3.66. The molecule has 0 amide bonds. The monoisotopic (exact) mass is 485 g/mol. The summed E-state index contributed by atoms with van der Waals surface area (Å²) in [6.45, 7) is 6.59. The van der Waals surface area contributed by atoms with Crippen LogP contribution < -0.4 is 10.6 Å². The van der Waals surface area contributed by atoms with Crippen LogP contribution >= 0.6 is 24.0 Å². The Balaban J connectivity index is 0.00000261. The van der Waals surface area contributed by atoms with E-state index in [1.165, 1.54) is 44.3 Å². The number of rotatable bonds is 7. The maximum absolute atomic E-state index is 4.43. The molecule has 2 aliphatic rings. The van der Waals surface area contributed by atoms with E-state index in [9.17, 15) is 0 Å². The molecular formula is C21H36IN5. The van der Waals surface area contributed by atoms with Gasteiger partial charge in [-0.15, -0.1) is 24.0 Å². The number of guanidine groups is 1. The van der Waals surface area contributed by atoms with Crippen molar-refractivity contribution in [3.05, 3.63) is 35.9 Å². The summed E-state index contributed by atoms with van der Waals surface area (Å²) in [6.07, 6.45) is 5.27. The van der Waals surface area contributed by atoms with Crippen molar-refractivity contribution in [2.75, 3.05) is 33.7 Å². The van der Waals surface area contributed by atoms with Gasteiger partial charge in [-0.1, -0.05) is 30.3 Å². The van der Waals surface area contributed by atoms with E-state index in [1.54, 1.807) is 0 Å². The van der Waals surface area contributed by atoms with E-state index < -0.39 is 0 Å². The van der Waals surface area contributed by atoms with Crippen molar-refractivity contribution in [1.29, 1.82) is 0 Å². The number of piperidine rings is 1. The molecular weight excluding hydrogens is 449 g/mol. The Labute approximate surface area is 182 Å². The van der Waals surface area contributed by atoms with E-state index in [1.807, 2.05) is 7.05 Å². The molecule has 2 N–H and O–H groups in total. The van der Waals surface area contributed by atoms with Gasteiger partial charge in [0.15, 0.2) is 5.96 Å². The number of halogens is 1. The summed E-state index contributed by atoms with van der Waals surface area (Å²) in [5.74, 6) is 0.940. The lowest BCUT2D eigenvalue weighted by Gasteiger charge is -2.33. The fourth-order valence-corrected chi connectivity index (χ4v) is 3.66. The predicted molar refractivity (Wildman–Crippen MR) is 125 cm³/mol. The Morgan fingerprint density at radius 3 is 2.44 bits per heavy atom. The third-order valence-electron chi connectivity index (χ3n) is 5.75. The van der Waals surface area contributed by atoms with Gasteiger partial charge in [0.05, 0.1) is 0 Å². The minimum Gasteiger partial charge on any atom is -0.355 e. The minimum atomic E-state index is 0. The zero-order chi connectivity index (χ0) is 18.4. The first-order valence-corrected chi connectivity index (χ1v) is 10.1. The molecule has 1 unspecified atom stereocenters. The van der Waals surface area contributed by atoms with E-state index in [-0.39, 0.29) is 24.0 Å². The molecule has 2 fully saturated rings. The molecule has 1 aromatic carbocycles. The predicted octanol–water partition coefficient (Wildman–Crippen LogP) is 2.92. The van der Waals surface area contributed by atoms with Crippen LogP contribution in [-0.4, -0.2) is 67.6 Å². The van der Waals surface area contributed by atoms with Gasteiger partial charge < -0.3 is 15.5 Å². The van der Waals surface area contributed by atoms with Gasteiger partial charge in [-0.05, 0) is 45.2 Å². The molecule has 27 heavy (non-hydrogen) atoms. The summed E-state index contributed by atoms with van der Waals surface area (Å²) >= 11 is 0. The van der Waals surface area contributed by atoms with Crippen molar-refractivity contribution in [3.63, 3.8) is 0 Å². The number of benzene rings is 1. The second-order valence-corrected chi connectivity index (χ2v) is 7.89. The Morgan fingerprint density at radius 1 is 1.19 bits per heavy atom. The molecule has 0 spiro atoms. The second-order valence-electron chi connectivity index (χ2n) is 7.89. The summed E-state index contributed by atoms with van der Waals surface area (Å²) in [4.78, 5) is 9.47. The van der Waals surface area contributed by atoms with Crippen LogP contribution in [0.15, 0.2) is 35.3 Å². The molecule has 152 valence electrons. The molecule has 1 aromatic rings. The number of nitrogens with one attached hydrogen (secondary N) is 2. The molecule has 1 saturated heterocycles. The molecule has 5 nitrogen and oxygen atoms in total. The smallest absolute Gasteiger partial charge is 0.191 e. The number of hydrogen-bond acceptors (Lipinski definition) is 3. The lowest BCUT2D eigenvalue weighted by Crippen LogP contribution is -2.51. The lowest BCUT2D eigenvalue weighted by atomic mass is 10.1. The Bertz CT molecular complexity index is 567. The average molecular weight is 485 g/mol. The second kappa shape index (κ2) is 11.2. The average Bonchev–Trinajstić information content (AvgIpc) is 3.51. The first-order chi connectivity index (χ1) is 12.7. The Kier molecular flexibility index (Phi) is 9.32. The largest absolute Gasteiger partial charge is 0.355 e. The molecule has 3 rings (SSSR count). The number of aliphatic imine (C=N–C) groups is 1. The van der Waals surface area contributed by atoms with E-state index in [0.29, 0.717) is 12.1 Å². The molecule has 1 saturated carbocycles. The van der Waals surface area contributed by atoms with E-state index >= 15 is 0 Å². The highest BCUT2D eigenvalue weighted by Crippen LogP contribution is 2.29. The van der Waals surface area contributed by atoms with Crippen LogP contribution in [0, 0.1) is 0 Å². The topological polar surface area (TPSA) is 42.9 Å². The fraction of sp³-hybridized carbons (Fsp3) is 0.667. The highest BCUT2D eigenvalue weighted by molar-refractivity contribution is 14.0. The van der Waals surface area contributed by atoms with E-state index in [4.69, 9.17) is 0 Å². The first-order valence-electron chi connectivity index (χ1n) is 10.1. The van der Waals surface area contributed by atoms with Crippen LogP contribution in [0.3, 0.4) is 0 Å². The van der Waals surface area contributed by atoms with Crippen LogP contribution in [0.4, 0.5) is 0 Å². The Hall–Kier alpha value is -0.860. The van der Waals surface area contributed by atoms with Gasteiger partial charge in [-0.3, -0.25) is 9.89 Å². The molecule has 1 atom stereocenters. The van der Waals surface area contributed by atoms with Gasteiger partial charge in [0, 0.05) is 51.4 Å². The highest BCUT2D eigenvalue weighted by atomic mass is 127. The molecule has 6 heteroatoms. The van der Waals surface area contributed by atoms with Crippen molar-refractivity contribution in [1.82, 2.24) is 20.4 Å². The summed E-state index contributed by atoms with van der Waals surface area (Å²) in [7, 11) is 4.05. The Morgan fingerprint density at radius 2 is 1.85 bits per heavy atom. The van der Waals surface area contributed by atoms with E-state index in [2.05, 4.69) is 69.7 Å². The maximum Gasteiger partial charge on any atom is 0.191 e. The van der Waals surface area contributed by atoms with Crippen molar-refractivity contribution in [2.24, 2.45) is 4.99 Å². The van der Waals surface area contributed by atoms with Gasteiger partial charge in [-0.2, -0.15) is 0 Å². The molecule has 0 radical (unpaired) electrons. The van der Waals surface area contributed by atoms with Crippen LogP contribution in [-0.2, 0) is 6.54 Å². The van der Waals surface area contributed by atoms with Gasteiger partial charge in [0.2, 0.25) is 0 Å². The number of hydrogen-bond donors (Lipinski definition) is 2. The van der Waals surface area contributed by atoms with Crippen molar-refractivity contribution >= 4 is 29.9 Å². The summed E-state index contributed by atoms with van der Waals surface area (Å²) in [5, 5.41) is 7.14. The summed E-state index contributed by atoms with van der Waals surface area (Å²) in [6, 6.07) is 12.5. The number of likely N-dealkylation sites (N-methyl/N-ethyl adjacent to an activating group) is 1. The highest BCUT2D eigenvalue weighted by Gasteiger charge is 2.31. The lowest BCUT2D eigenvalue weighted by molar-refractivity contribution is 0.197. The zero-order valence-electron chi connectivity index (χ0n) is 17.0. The molecule has 1 aliphatic heterocycles.